The molecule has 0 saturated carbocycles. The van der Waals surface area contributed by atoms with Gasteiger partial charge in [-0.1, -0.05) is 0 Å². The Morgan fingerprint density at radius 2 is 1.95 bits per heavy atom. The molecule has 0 spiro atoms. The summed E-state index contributed by atoms with van der Waals surface area (Å²) in [4.78, 5) is 26.4. The van der Waals surface area contributed by atoms with Crippen LogP contribution >= 0.6 is 0 Å². The standard InChI is InChI=1S/C14H26N2O4/c1-2-15(8-3-11-17)14(20)16-9-6-12(7-10-16)4-5-13(18)19/h12,17H,2-11H2,1H3,(H,18,19). The lowest BCUT2D eigenvalue weighted by molar-refractivity contribution is -0.137. The van der Waals surface area contributed by atoms with Crippen LogP contribution in [0.3, 0.4) is 0 Å². The fraction of sp³-hybridized carbons (Fsp3) is 0.857. The van der Waals surface area contributed by atoms with Crippen molar-refractivity contribution in [2.45, 2.75) is 39.0 Å². The van der Waals surface area contributed by atoms with Crippen LogP contribution in [0.25, 0.3) is 0 Å². The zero-order valence-corrected chi connectivity index (χ0v) is 12.3. The highest BCUT2D eigenvalue weighted by atomic mass is 16.4. The molecule has 2 N–H and O–H groups in total. The number of aliphatic carboxylic acids is 1. The first-order chi connectivity index (χ1) is 9.58. The maximum atomic E-state index is 12.3. The molecule has 1 aliphatic heterocycles. The SMILES string of the molecule is CCN(CCCO)C(=O)N1CCC(CCC(=O)O)CC1. The first-order valence-corrected chi connectivity index (χ1v) is 7.45. The Labute approximate surface area is 120 Å². The maximum absolute atomic E-state index is 12.3. The lowest BCUT2D eigenvalue weighted by Crippen LogP contribution is -2.47. The molecule has 1 aliphatic rings. The van der Waals surface area contributed by atoms with Gasteiger partial charge in [0.05, 0.1) is 0 Å². The summed E-state index contributed by atoms with van der Waals surface area (Å²) in [5, 5.41) is 17.5. The molecule has 0 aromatic rings. The predicted octanol–water partition coefficient (Wildman–Crippen LogP) is 1.39. The van der Waals surface area contributed by atoms with Crippen molar-refractivity contribution in [1.82, 2.24) is 9.80 Å². The van der Waals surface area contributed by atoms with Gasteiger partial charge in [0.15, 0.2) is 0 Å². The molecule has 0 aromatic heterocycles. The summed E-state index contributed by atoms with van der Waals surface area (Å²) in [5.41, 5.74) is 0. The van der Waals surface area contributed by atoms with Gasteiger partial charge < -0.3 is 20.0 Å². The van der Waals surface area contributed by atoms with Gasteiger partial charge in [-0.25, -0.2) is 4.79 Å². The van der Waals surface area contributed by atoms with Crippen LogP contribution in [0.1, 0.15) is 39.0 Å². The molecular weight excluding hydrogens is 260 g/mol. The Kier molecular flexibility index (Phi) is 7.36. The van der Waals surface area contributed by atoms with Gasteiger partial charge in [0.2, 0.25) is 0 Å². The number of carbonyl (C=O) groups excluding carboxylic acids is 1. The Morgan fingerprint density at radius 1 is 1.30 bits per heavy atom. The minimum Gasteiger partial charge on any atom is -0.481 e. The topological polar surface area (TPSA) is 81.1 Å². The molecule has 6 nitrogen and oxygen atoms in total. The van der Waals surface area contributed by atoms with Crippen molar-refractivity contribution in [2.24, 2.45) is 5.92 Å². The molecule has 1 rings (SSSR count). The number of likely N-dealkylation sites (tertiary alicyclic amines) is 1. The summed E-state index contributed by atoms with van der Waals surface area (Å²) < 4.78 is 0. The number of aliphatic hydroxyl groups is 1. The van der Waals surface area contributed by atoms with E-state index in [1.165, 1.54) is 0 Å². The molecule has 2 amide bonds. The lowest BCUT2D eigenvalue weighted by Gasteiger charge is -2.35. The summed E-state index contributed by atoms with van der Waals surface area (Å²) in [7, 11) is 0. The number of nitrogens with zero attached hydrogens (tertiary/aromatic N) is 2. The number of rotatable bonds is 7. The highest BCUT2D eigenvalue weighted by molar-refractivity contribution is 5.74. The smallest absolute Gasteiger partial charge is 0.319 e. The van der Waals surface area contributed by atoms with Crippen LogP contribution in [0.15, 0.2) is 0 Å². The quantitative estimate of drug-likeness (QED) is 0.741. The van der Waals surface area contributed by atoms with Gasteiger partial charge in [-0.05, 0) is 38.5 Å². The molecule has 1 fully saturated rings. The normalized spacial score (nSPS) is 16.2. The Bertz CT molecular complexity index is 314. The van der Waals surface area contributed by atoms with Crippen molar-refractivity contribution in [3.05, 3.63) is 0 Å². The number of amides is 2. The van der Waals surface area contributed by atoms with Crippen LogP contribution in [-0.2, 0) is 4.79 Å². The molecule has 0 aromatic carbocycles. The first-order valence-electron chi connectivity index (χ1n) is 7.45. The van der Waals surface area contributed by atoms with E-state index in [1.54, 1.807) is 4.90 Å². The molecule has 6 heteroatoms. The van der Waals surface area contributed by atoms with Gasteiger partial charge in [-0.15, -0.1) is 0 Å². The second-order valence-corrected chi connectivity index (χ2v) is 5.30. The molecule has 116 valence electrons. The lowest BCUT2D eigenvalue weighted by atomic mass is 9.92. The highest BCUT2D eigenvalue weighted by Crippen LogP contribution is 2.22. The van der Waals surface area contributed by atoms with Crippen molar-refractivity contribution in [1.29, 1.82) is 0 Å². The minimum absolute atomic E-state index is 0.0395. The third-order valence-electron chi connectivity index (χ3n) is 3.89. The molecule has 0 bridgehead atoms. The zero-order valence-electron chi connectivity index (χ0n) is 12.3. The summed E-state index contributed by atoms with van der Waals surface area (Å²) >= 11 is 0. The molecule has 1 heterocycles. The van der Waals surface area contributed by atoms with E-state index in [2.05, 4.69) is 0 Å². The van der Waals surface area contributed by atoms with Crippen LogP contribution in [0.4, 0.5) is 4.79 Å². The van der Waals surface area contributed by atoms with Crippen molar-refractivity contribution in [3.8, 4) is 0 Å². The van der Waals surface area contributed by atoms with Crippen LogP contribution < -0.4 is 0 Å². The number of hydrogen-bond donors (Lipinski definition) is 2. The van der Waals surface area contributed by atoms with Gasteiger partial charge in [0.1, 0.15) is 0 Å². The van der Waals surface area contributed by atoms with E-state index in [0.717, 1.165) is 12.8 Å². The second kappa shape index (κ2) is 8.79. The first kappa shape index (κ1) is 16.8. The summed E-state index contributed by atoms with van der Waals surface area (Å²) in [5.74, 6) is -0.327. The predicted molar refractivity (Wildman–Crippen MR) is 75.5 cm³/mol. The average molecular weight is 286 g/mol. The number of carboxylic acids is 1. The molecule has 0 radical (unpaired) electrons. The number of carbonyl (C=O) groups is 2. The Hall–Kier alpha value is -1.30. The van der Waals surface area contributed by atoms with Gasteiger partial charge in [0, 0.05) is 39.2 Å². The van der Waals surface area contributed by atoms with E-state index in [9.17, 15) is 9.59 Å². The van der Waals surface area contributed by atoms with Crippen molar-refractivity contribution >= 4 is 12.0 Å². The van der Waals surface area contributed by atoms with E-state index in [1.807, 2.05) is 11.8 Å². The van der Waals surface area contributed by atoms with E-state index in [0.29, 0.717) is 44.9 Å². The molecule has 1 saturated heterocycles. The van der Waals surface area contributed by atoms with Gasteiger partial charge in [-0.2, -0.15) is 0 Å². The Balaban J connectivity index is 2.35. The van der Waals surface area contributed by atoms with Gasteiger partial charge >= 0.3 is 12.0 Å². The summed E-state index contributed by atoms with van der Waals surface area (Å²) in [6, 6.07) is 0.0395. The monoisotopic (exact) mass is 286 g/mol. The van der Waals surface area contributed by atoms with Crippen molar-refractivity contribution in [3.63, 3.8) is 0 Å². The summed E-state index contributed by atoms with van der Waals surface area (Å²) in [6.45, 7) is 4.69. The van der Waals surface area contributed by atoms with Crippen molar-refractivity contribution < 1.29 is 19.8 Å². The maximum Gasteiger partial charge on any atom is 0.319 e. The Morgan fingerprint density at radius 3 is 2.45 bits per heavy atom. The number of carboxylic acid groups (broad SMARTS) is 1. The van der Waals surface area contributed by atoms with Crippen LogP contribution in [0, 0.1) is 5.92 Å². The fourth-order valence-corrected chi connectivity index (χ4v) is 2.59. The van der Waals surface area contributed by atoms with Crippen LogP contribution in [0.5, 0.6) is 0 Å². The zero-order chi connectivity index (χ0) is 15.0. The minimum atomic E-state index is -0.746. The number of urea groups is 1. The third-order valence-corrected chi connectivity index (χ3v) is 3.89. The fourth-order valence-electron chi connectivity index (χ4n) is 2.59. The number of piperidine rings is 1. The molecule has 0 atom stereocenters. The van der Waals surface area contributed by atoms with E-state index in [4.69, 9.17) is 10.2 Å². The highest BCUT2D eigenvalue weighted by Gasteiger charge is 2.25. The third kappa shape index (κ3) is 5.36. The van der Waals surface area contributed by atoms with Gasteiger partial charge in [0.25, 0.3) is 0 Å². The van der Waals surface area contributed by atoms with Crippen LogP contribution in [-0.4, -0.2) is 64.8 Å². The van der Waals surface area contributed by atoms with E-state index in [-0.39, 0.29) is 19.1 Å². The van der Waals surface area contributed by atoms with E-state index >= 15 is 0 Å². The number of aliphatic hydroxyl groups excluding tert-OH is 1. The number of hydrogen-bond acceptors (Lipinski definition) is 3. The molecule has 0 aliphatic carbocycles. The van der Waals surface area contributed by atoms with Crippen LogP contribution in [0.2, 0.25) is 0 Å². The van der Waals surface area contributed by atoms with Gasteiger partial charge in [-0.3, -0.25) is 4.79 Å². The molecular formula is C14H26N2O4. The molecule has 0 unspecified atom stereocenters. The summed E-state index contributed by atoms with van der Waals surface area (Å²) in [6.07, 6.45) is 3.30. The molecule has 20 heavy (non-hydrogen) atoms. The largest absolute Gasteiger partial charge is 0.481 e. The average Bonchev–Trinajstić information content (AvgIpc) is 2.46. The van der Waals surface area contributed by atoms with E-state index < -0.39 is 5.97 Å². The second-order valence-electron chi connectivity index (χ2n) is 5.30. The van der Waals surface area contributed by atoms with Crippen molar-refractivity contribution in [2.75, 3.05) is 32.8 Å².